The molecule has 0 N–H and O–H groups in total. The Balaban J connectivity index is 4.12. The first-order valence-corrected chi connectivity index (χ1v) is 4.98. The summed E-state index contributed by atoms with van der Waals surface area (Å²) in [6, 6.07) is 0. The van der Waals surface area contributed by atoms with Crippen LogP contribution >= 0.6 is 12.6 Å². The summed E-state index contributed by atoms with van der Waals surface area (Å²) in [6.07, 6.45) is 0. The Kier molecular flexibility index (Phi) is 4.60. The average Bonchev–Trinajstić information content (AvgIpc) is 1.82. The van der Waals surface area contributed by atoms with Crippen LogP contribution in [0.5, 0.6) is 0 Å². The molecule has 0 aromatic carbocycles. The molecule has 0 rings (SSSR count). The summed E-state index contributed by atoms with van der Waals surface area (Å²) in [5.74, 6) is 1.96. The van der Waals surface area contributed by atoms with E-state index in [2.05, 4.69) is 12.6 Å². The molecule has 0 spiro atoms. The summed E-state index contributed by atoms with van der Waals surface area (Å²) < 4.78 is 5.47. The van der Waals surface area contributed by atoms with Gasteiger partial charge in [0.05, 0.1) is 5.60 Å². The van der Waals surface area contributed by atoms with E-state index in [1.165, 1.54) is 5.57 Å². The molecule has 0 bridgehead atoms. The van der Waals surface area contributed by atoms with Crippen LogP contribution < -0.4 is 0 Å². The molecule has 0 saturated carbocycles. The molecule has 0 fully saturated rings. The minimum absolute atomic E-state index is 0.154. The summed E-state index contributed by atoms with van der Waals surface area (Å²) in [6.45, 7) is 12.3. The van der Waals surface area contributed by atoms with Crippen LogP contribution in [0.3, 0.4) is 0 Å². The van der Waals surface area contributed by atoms with Crippen LogP contribution in [-0.2, 0) is 4.65 Å². The van der Waals surface area contributed by atoms with E-state index in [-0.39, 0.29) is 10.3 Å². The fourth-order valence-electron chi connectivity index (χ4n) is 0.484. The van der Waals surface area contributed by atoms with Gasteiger partial charge in [0.25, 0.3) is 0 Å². The third-order valence-corrected chi connectivity index (χ3v) is 2.78. The van der Waals surface area contributed by atoms with Gasteiger partial charge in [0.1, 0.15) is 0 Å². The highest BCUT2D eigenvalue weighted by Gasteiger charge is 2.33. The van der Waals surface area contributed by atoms with E-state index < -0.39 is 0 Å². The molecule has 1 nitrogen and oxygen atoms in total. The summed E-state index contributed by atoms with van der Waals surface area (Å²) >= 11 is 4.49. The van der Waals surface area contributed by atoms with Crippen LogP contribution in [0, 0.1) is 0 Å². The van der Waals surface area contributed by atoms with Crippen molar-refractivity contribution in [2.75, 3.05) is 0 Å². The Morgan fingerprint density at radius 3 is 2.00 bits per heavy atom. The van der Waals surface area contributed by atoms with Crippen molar-refractivity contribution in [1.82, 2.24) is 0 Å². The molecule has 0 aliphatic carbocycles. The van der Waals surface area contributed by atoms with Gasteiger partial charge in [0.15, 0.2) is 0 Å². The molecule has 0 saturated heterocycles. The zero-order valence-corrected chi connectivity index (χ0v) is 10.4. The molecular formula is C10H20BOS. The smallest absolute Gasteiger partial charge is 0.322 e. The Bertz CT molecular complexity index is 188. The normalized spacial score (nSPS) is 12.5. The number of allylic oxidation sites excluding steroid dienone is 1. The minimum atomic E-state index is -0.262. The average molecular weight is 199 g/mol. The van der Waals surface area contributed by atoms with Gasteiger partial charge >= 0.3 is 7.48 Å². The monoisotopic (exact) mass is 199 g/mol. The lowest BCUT2D eigenvalue weighted by molar-refractivity contribution is 0.0851. The number of thiol groups is 1. The van der Waals surface area contributed by atoms with Crippen molar-refractivity contribution in [3.05, 3.63) is 11.5 Å². The zero-order valence-electron chi connectivity index (χ0n) is 9.51. The predicted octanol–water partition coefficient (Wildman–Crippen LogP) is 3.03. The molecule has 75 valence electrons. The van der Waals surface area contributed by atoms with Gasteiger partial charge in [0.2, 0.25) is 0 Å². The van der Waals surface area contributed by atoms with Crippen molar-refractivity contribution >= 4 is 20.1 Å². The molecule has 13 heavy (non-hydrogen) atoms. The van der Waals surface area contributed by atoms with Crippen LogP contribution in [0.2, 0.25) is 0 Å². The highest BCUT2D eigenvalue weighted by Crippen LogP contribution is 2.30. The summed E-state index contributed by atoms with van der Waals surface area (Å²) in [4.78, 5) is 0. The van der Waals surface area contributed by atoms with E-state index >= 15 is 0 Å². The number of hydrogen-bond acceptors (Lipinski definition) is 2. The lowest BCUT2D eigenvalue weighted by Gasteiger charge is -2.38. The van der Waals surface area contributed by atoms with Crippen molar-refractivity contribution in [1.29, 1.82) is 0 Å². The Hall–Kier alpha value is 0.115. The second kappa shape index (κ2) is 4.56. The SMILES string of the molecule is CC(C)=C[B]OC(C)(C)C(C)(C)S. The van der Waals surface area contributed by atoms with Gasteiger partial charge in [-0.05, 0) is 41.5 Å². The van der Waals surface area contributed by atoms with Crippen LogP contribution in [0.4, 0.5) is 0 Å². The topological polar surface area (TPSA) is 9.23 Å². The van der Waals surface area contributed by atoms with Crippen LogP contribution in [0.1, 0.15) is 41.5 Å². The highest BCUT2D eigenvalue weighted by molar-refractivity contribution is 7.81. The number of rotatable bonds is 4. The third-order valence-electron chi connectivity index (χ3n) is 2.24. The summed E-state index contributed by atoms with van der Waals surface area (Å²) in [7, 11) is 1.74. The van der Waals surface area contributed by atoms with Gasteiger partial charge in [-0.2, -0.15) is 12.6 Å². The van der Waals surface area contributed by atoms with Crippen molar-refractivity contribution in [2.45, 2.75) is 51.9 Å². The lowest BCUT2D eigenvalue weighted by atomic mass is 9.88. The Labute approximate surface area is 88.6 Å². The quantitative estimate of drug-likeness (QED) is 0.540. The maximum Gasteiger partial charge on any atom is 0.322 e. The largest absolute Gasteiger partial charge is 0.429 e. The highest BCUT2D eigenvalue weighted by atomic mass is 32.1. The van der Waals surface area contributed by atoms with E-state index in [4.69, 9.17) is 4.65 Å². The molecule has 0 aromatic rings. The van der Waals surface area contributed by atoms with Crippen molar-refractivity contribution in [2.24, 2.45) is 0 Å². The molecule has 0 aliphatic heterocycles. The van der Waals surface area contributed by atoms with E-state index in [9.17, 15) is 0 Å². The van der Waals surface area contributed by atoms with E-state index in [1.54, 1.807) is 7.48 Å². The first-order valence-electron chi connectivity index (χ1n) is 4.54. The van der Waals surface area contributed by atoms with Crippen molar-refractivity contribution in [3.63, 3.8) is 0 Å². The van der Waals surface area contributed by atoms with Gasteiger partial charge in [-0.1, -0.05) is 11.5 Å². The summed E-state index contributed by atoms with van der Waals surface area (Å²) in [5, 5.41) is 0. The predicted molar refractivity (Wildman–Crippen MR) is 63.4 cm³/mol. The van der Waals surface area contributed by atoms with Crippen molar-refractivity contribution in [3.8, 4) is 0 Å². The van der Waals surface area contributed by atoms with Gasteiger partial charge in [-0.15, -0.1) is 0 Å². The van der Waals surface area contributed by atoms with E-state index in [0.717, 1.165) is 0 Å². The van der Waals surface area contributed by atoms with Gasteiger partial charge in [-0.25, -0.2) is 0 Å². The second-order valence-corrected chi connectivity index (χ2v) is 5.69. The first-order chi connectivity index (χ1) is 5.67. The third kappa shape index (κ3) is 4.77. The van der Waals surface area contributed by atoms with Crippen LogP contribution in [-0.4, -0.2) is 17.8 Å². The van der Waals surface area contributed by atoms with Crippen LogP contribution in [0.15, 0.2) is 11.5 Å². The number of hydrogen-bond donors (Lipinski definition) is 1. The molecule has 0 heterocycles. The standard InChI is InChI=1S/C10H20BOS/c1-8(2)7-11-12-9(3,4)10(5,6)13/h7,13H,1-6H3. The molecule has 0 aromatic heterocycles. The molecule has 0 aliphatic rings. The second-order valence-electron chi connectivity index (χ2n) is 4.57. The van der Waals surface area contributed by atoms with Gasteiger partial charge in [-0.3, -0.25) is 0 Å². The fraction of sp³-hybridized carbons (Fsp3) is 0.800. The lowest BCUT2D eigenvalue weighted by Crippen LogP contribution is -2.43. The first kappa shape index (κ1) is 13.1. The maximum atomic E-state index is 5.63. The zero-order chi connectivity index (χ0) is 10.7. The Morgan fingerprint density at radius 2 is 1.69 bits per heavy atom. The molecule has 1 radical (unpaired) electrons. The van der Waals surface area contributed by atoms with Crippen molar-refractivity contribution < 1.29 is 4.65 Å². The van der Waals surface area contributed by atoms with E-state index in [0.29, 0.717) is 0 Å². The Morgan fingerprint density at radius 1 is 1.23 bits per heavy atom. The molecular weight excluding hydrogens is 179 g/mol. The molecule has 3 heteroatoms. The minimum Gasteiger partial charge on any atom is -0.429 e. The van der Waals surface area contributed by atoms with Crippen LogP contribution in [0.25, 0.3) is 0 Å². The van der Waals surface area contributed by atoms with Gasteiger partial charge < -0.3 is 4.65 Å². The maximum absolute atomic E-state index is 5.63. The fourth-order valence-corrected chi connectivity index (χ4v) is 0.537. The molecule has 0 atom stereocenters. The van der Waals surface area contributed by atoms with E-state index in [1.807, 2.05) is 47.5 Å². The summed E-state index contributed by atoms with van der Waals surface area (Å²) in [5.41, 5.74) is 0.968. The molecule has 0 amide bonds. The van der Waals surface area contributed by atoms with Gasteiger partial charge in [0, 0.05) is 4.75 Å². The molecule has 0 unspecified atom stereocenters.